The minimum Gasteiger partial charge on any atom is -0.465 e. The van der Waals surface area contributed by atoms with E-state index in [4.69, 9.17) is 14.2 Å². The lowest BCUT2D eigenvalue weighted by Gasteiger charge is -2.20. The van der Waals surface area contributed by atoms with Crippen molar-refractivity contribution in [3.63, 3.8) is 0 Å². The van der Waals surface area contributed by atoms with Crippen molar-refractivity contribution >= 4 is 11.9 Å². The van der Waals surface area contributed by atoms with Crippen LogP contribution >= 0.6 is 0 Å². The van der Waals surface area contributed by atoms with Crippen molar-refractivity contribution in [2.45, 2.75) is 40.2 Å². The zero-order valence-corrected chi connectivity index (χ0v) is 14.8. The maximum atomic E-state index is 12.0. The summed E-state index contributed by atoms with van der Waals surface area (Å²) in [5.41, 5.74) is 1.10. The highest BCUT2D eigenvalue weighted by Crippen LogP contribution is 2.20. The summed E-state index contributed by atoms with van der Waals surface area (Å²) < 4.78 is 15.8. The second-order valence-electron chi connectivity index (χ2n) is 5.57. The van der Waals surface area contributed by atoms with E-state index in [0.29, 0.717) is 19.6 Å². The molecule has 0 aliphatic carbocycles. The minimum atomic E-state index is -0.879. The van der Waals surface area contributed by atoms with Crippen LogP contribution in [0.5, 0.6) is 0 Å². The van der Waals surface area contributed by atoms with Crippen LogP contribution in [0.25, 0.3) is 0 Å². The van der Waals surface area contributed by atoms with E-state index in [2.05, 4.69) is 0 Å². The summed E-state index contributed by atoms with van der Waals surface area (Å²) in [5, 5.41) is 0. The molecule has 0 amide bonds. The monoisotopic (exact) mass is 336 g/mol. The molecule has 134 valence electrons. The van der Waals surface area contributed by atoms with Crippen LogP contribution in [0.3, 0.4) is 0 Å². The molecule has 0 saturated carbocycles. The highest BCUT2D eigenvalue weighted by Gasteiger charge is 2.31. The Hall–Kier alpha value is -1.88. The molecule has 5 heteroatoms. The van der Waals surface area contributed by atoms with Crippen LogP contribution in [0.2, 0.25) is 0 Å². The standard InChI is InChI=1S/C19H28O5/c1-4-15(13-22-14-16-10-8-7-9-11-16)12-17(18(20)23-5-2)19(21)24-6-3/h7-11,15,17H,4-6,12-14H2,1-3H3. The fourth-order valence-corrected chi connectivity index (χ4v) is 2.38. The Bertz CT molecular complexity index is 468. The zero-order valence-electron chi connectivity index (χ0n) is 14.8. The number of ether oxygens (including phenoxy) is 3. The summed E-state index contributed by atoms with van der Waals surface area (Å²) in [7, 11) is 0. The highest BCUT2D eigenvalue weighted by molar-refractivity contribution is 5.94. The number of hydrogen-bond donors (Lipinski definition) is 0. The third kappa shape index (κ3) is 7.13. The van der Waals surface area contributed by atoms with Gasteiger partial charge in [-0.25, -0.2) is 0 Å². The van der Waals surface area contributed by atoms with Crippen molar-refractivity contribution in [2.24, 2.45) is 11.8 Å². The Morgan fingerprint density at radius 3 is 2.04 bits per heavy atom. The molecule has 0 bridgehead atoms. The van der Waals surface area contributed by atoms with Gasteiger partial charge < -0.3 is 14.2 Å². The molecule has 0 saturated heterocycles. The van der Waals surface area contributed by atoms with Crippen molar-refractivity contribution in [3.8, 4) is 0 Å². The van der Waals surface area contributed by atoms with Gasteiger partial charge in [0.1, 0.15) is 0 Å². The van der Waals surface area contributed by atoms with Crippen molar-refractivity contribution in [1.82, 2.24) is 0 Å². The summed E-state index contributed by atoms with van der Waals surface area (Å²) in [4.78, 5) is 24.1. The molecule has 0 fully saturated rings. The molecule has 0 N–H and O–H groups in total. The molecule has 0 aliphatic rings. The maximum Gasteiger partial charge on any atom is 0.320 e. The van der Waals surface area contributed by atoms with E-state index >= 15 is 0 Å². The van der Waals surface area contributed by atoms with E-state index in [0.717, 1.165) is 12.0 Å². The Labute approximate surface area is 144 Å². The highest BCUT2D eigenvalue weighted by atomic mass is 16.6. The van der Waals surface area contributed by atoms with E-state index in [9.17, 15) is 9.59 Å². The van der Waals surface area contributed by atoms with Crippen LogP contribution < -0.4 is 0 Å². The Balaban J connectivity index is 2.56. The third-order valence-corrected chi connectivity index (χ3v) is 3.75. The quantitative estimate of drug-likeness (QED) is 0.458. The molecule has 1 aromatic carbocycles. The number of benzene rings is 1. The number of hydrogen-bond acceptors (Lipinski definition) is 5. The van der Waals surface area contributed by atoms with Crippen LogP contribution in [0, 0.1) is 11.8 Å². The van der Waals surface area contributed by atoms with E-state index < -0.39 is 17.9 Å². The van der Waals surface area contributed by atoms with Crippen molar-refractivity contribution in [3.05, 3.63) is 35.9 Å². The van der Waals surface area contributed by atoms with E-state index in [1.54, 1.807) is 13.8 Å². The smallest absolute Gasteiger partial charge is 0.320 e. The third-order valence-electron chi connectivity index (χ3n) is 3.75. The zero-order chi connectivity index (χ0) is 17.8. The van der Waals surface area contributed by atoms with Gasteiger partial charge >= 0.3 is 11.9 Å². The predicted molar refractivity (Wildman–Crippen MR) is 91.3 cm³/mol. The first kappa shape index (κ1) is 20.2. The second-order valence-corrected chi connectivity index (χ2v) is 5.57. The van der Waals surface area contributed by atoms with Crippen molar-refractivity contribution in [1.29, 1.82) is 0 Å². The molecular formula is C19H28O5. The number of carbonyl (C=O) groups is 2. The van der Waals surface area contributed by atoms with Gasteiger partial charge in [-0.2, -0.15) is 0 Å². The molecule has 0 radical (unpaired) electrons. The largest absolute Gasteiger partial charge is 0.465 e. The average molecular weight is 336 g/mol. The van der Waals surface area contributed by atoms with Crippen LogP contribution in [0.1, 0.15) is 39.2 Å². The van der Waals surface area contributed by atoms with Crippen molar-refractivity contribution in [2.75, 3.05) is 19.8 Å². The average Bonchev–Trinajstić information content (AvgIpc) is 2.59. The molecule has 1 rings (SSSR count). The first-order valence-electron chi connectivity index (χ1n) is 8.57. The fourth-order valence-electron chi connectivity index (χ4n) is 2.38. The van der Waals surface area contributed by atoms with Crippen LogP contribution in [-0.4, -0.2) is 31.8 Å². The van der Waals surface area contributed by atoms with Gasteiger partial charge in [0.05, 0.1) is 19.8 Å². The fraction of sp³-hybridized carbons (Fsp3) is 0.579. The molecule has 24 heavy (non-hydrogen) atoms. The van der Waals surface area contributed by atoms with Crippen molar-refractivity contribution < 1.29 is 23.8 Å². The van der Waals surface area contributed by atoms with Gasteiger partial charge in [0.25, 0.3) is 0 Å². The van der Waals surface area contributed by atoms with Gasteiger partial charge in [-0.05, 0) is 31.7 Å². The van der Waals surface area contributed by atoms with Crippen LogP contribution in [0.15, 0.2) is 30.3 Å². The summed E-state index contributed by atoms with van der Waals surface area (Å²) in [6.07, 6.45) is 1.19. The summed E-state index contributed by atoms with van der Waals surface area (Å²) in [6.45, 7) is 6.96. The first-order chi connectivity index (χ1) is 11.6. The maximum absolute atomic E-state index is 12.0. The summed E-state index contributed by atoms with van der Waals surface area (Å²) in [6, 6.07) is 9.89. The Morgan fingerprint density at radius 1 is 0.958 bits per heavy atom. The number of esters is 2. The molecule has 0 heterocycles. The molecule has 5 nitrogen and oxygen atoms in total. The Kier molecular flexibility index (Phi) is 9.77. The molecular weight excluding hydrogens is 308 g/mol. The van der Waals surface area contributed by atoms with Gasteiger partial charge in [0.15, 0.2) is 5.92 Å². The van der Waals surface area contributed by atoms with Gasteiger partial charge in [-0.3, -0.25) is 9.59 Å². The van der Waals surface area contributed by atoms with Gasteiger partial charge in [0, 0.05) is 6.61 Å². The SMILES string of the molecule is CCOC(=O)C(CC(CC)COCc1ccccc1)C(=O)OCC. The Morgan fingerprint density at radius 2 is 1.54 bits per heavy atom. The van der Waals surface area contributed by atoms with Gasteiger partial charge in [-0.1, -0.05) is 43.7 Å². The normalized spacial score (nSPS) is 12.0. The summed E-state index contributed by atoms with van der Waals surface area (Å²) >= 11 is 0. The van der Waals surface area contributed by atoms with Gasteiger partial charge in [-0.15, -0.1) is 0 Å². The number of carbonyl (C=O) groups excluding carboxylic acids is 2. The molecule has 1 aromatic rings. The predicted octanol–water partition coefficient (Wildman–Crippen LogP) is 3.36. The minimum absolute atomic E-state index is 0.0903. The topological polar surface area (TPSA) is 61.8 Å². The molecule has 1 atom stereocenters. The van der Waals surface area contributed by atoms with Crippen LogP contribution in [-0.2, 0) is 30.4 Å². The molecule has 0 aromatic heterocycles. The van der Waals surface area contributed by atoms with Crippen LogP contribution in [0.4, 0.5) is 0 Å². The number of rotatable bonds is 11. The van der Waals surface area contributed by atoms with E-state index in [1.807, 2.05) is 37.3 Å². The molecule has 0 aliphatic heterocycles. The molecule has 1 unspecified atom stereocenters. The lowest BCUT2D eigenvalue weighted by Crippen LogP contribution is -2.31. The lowest BCUT2D eigenvalue weighted by molar-refractivity contribution is -0.162. The summed E-state index contributed by atoms with van der Waals surface area (Å²) in [5.74, 6) is -1.82. The van der Waals surface area contributed by atoms with E-state index in [-0.39, 0.29) is 19.1 Å². The van der Waals surface area contributed by atoms with E-state index in [1.165, 1.54) is 0 Å². The first-order valence-corrected chi connectivity index (χ1v) is 8.57. The second kappa shape index (κ2) is 11.6. The van der Waals surface area contributed by atoms with Gasteiger partial charge in [0.2, 0.25) is 0 Å². The lowest BCUT2D eigenvalue weighted by atomic mass is 9.93. The molecule has 0 spiro atoms.